The van der Waals surface area contributed by atoms with E-state index in [2.05, 4.69) is 5.32 Å². The first-order valence-electron chi connectivity index (χ1n) is 10.2. The number of carbonyl (C=O) groups excluding carboxylic acids is 2. The van der Waals surface area contributed by atoms with Crippen LogP contribution in [0.25, 0.3) is 0 Å². The number of benzene rings is 2. The molecule has 2 fully saturated rings. The zero-order chi connectivity index (χ0) is 21.5. The Kier molecular flexibility index (Phi) is 5.45. The zero-order valence-corrected chi connectivity index (χ0v) is 17.8. The monoisotopic (exact) mass is 429 g/mol. The van der Waals surface area contributed by atoms with E-state index in [1.807, 2.05) is 38.2 Å². The molecule has 1 unspecified atom stereocenters. The van der Waals surface area contributed by atoms with Crippen molar-refractivity contribution in [3.63, 3.8) is 0 Å². The van der Waals surface area contributed by atoms with Gasteiger partial charge in [-0.15, -0.1) is 0 Å². The van der Waals surface area contributed by atoms with Crippen molar-refractivity contribution in [2.45, 2.75) is 31.8 Å². The molecular formula is C23H25ClFN3O2. The Morgan fingerprint density at radius 1 is 1.13 bits per heavy atom. The first-order chi connectivity index (χ1) is 14.3. The van der Waals surface area contributed by atoms with Gasteiger partial charge < -0.3 is 15.1 Å². The van der Waals surface area contributed by atoms with Crippen molar-refractivity contribution in [1.82, 2.24) is 15.1 Å². The molecule has 2 aromatic carbocycles. The fourth-order valence-electron chi connectivity index (χ4n) is 4.79. The summed E-state index contributed by atoms with van der Waals surface area (Å²) in [6, 6.07) is 13.4. The molecular weight excluding hydrogens is 405 g/mol. The van der Waals surface area contributed by atoms with Gasteiger partial charge in [0.25, 0.3) is 0 Å². The number of rotatable bonds is 3. The molecule has 2 saturated heterocycles. The van der Waals surface area contributed by atoms with Gasteiger partial charge in [0.15, 0.2) is 0 Å². The normalized spacial score (nSPS) is 21.3. The largest absolute Gasteiger partial charge is 0.337 e. The van der Waals surface area contributed by atoms with Crippen LogP contribution in [0, 0.1) is 11.2 Å². The van der Waals surface area contributed by atoms with E-state index in [9.17, 15) is 14.0 Å². The summed E-state index contributed by atoms with van der Waals surface area (Å²) in [6.07, 6.45) is 1.25. The average molecular weight is 430 g/mol. The third-order valence-electron chi connectivity index (χ3n) is 6.50. The molecule has 158 valence electrons. The molecule has 5 nitrogen and oxygen atoms in total. The highest BCUT2D eigenvalue weighted by atomic mass is 35.5. The quantitative estimate of drug-likeness (QED) is 0.728. The second kappa shape index (κ2) is 7.91. The molecule has 0 bridgehead atoms. The minimum atomic E-state index is -0.456. The minimum absolute atomic E-state index is 0.00520. The van der Waals surface area contributed by atoms with E-state index >= 15 is 0 Å². The van der Waals surface area contributed by atoms with E-state index in [-0.39, 0.29) is 29.8 Å². The molecule has 2 atom stereocenters. The summed E-state index contributed by atoms with van der Waals surface area (Å²) in [5, 5.41) is 3.64. The van der Waals surface area contributed by atoms with Crippen LogP contribution in [-0.2, 0) is 4.79 Å². The summed E-state index contributed by atoms with van der Waals surface area (Å²) >= 11 is 6.02. The predicted molar refractivity (Wildman–Crippen MR) is 114 cm³/mol. The predicted octanol–water partition coefficient (Wildman–Crippen LogP) is 4.55. The molecule has 0 aromatic heterocycles. The highest BCUT2D eigenvalue weighted by Crippen LogP contribution is 2.55. The van der Waals surface area contributed by atoms with Crippen molar-refractivity contribution in [1.29, 1.82) is 0 Å². The Labute approximate surface area is 180 Å². The standard InChI is InChI=1S/C23H25ClFN3O2/c1-15(16-5-9-19(25)10-6-16)26-22(30)28-13-11-23(12-14-28)20(27(2)21(23)29)17-3-7-18(24)8-4-17/h3-10,15,20H,11-14H2,1-2H3,(H,26,30)/t15-,20?/m1/s1. The Morgan fingerprint density at radius 3 is 2.33 bits per heavy atom. The number of hydrogen-bond acceptors (Lipinski definition) is 2. The van der Waals surface area contributed by atoms with Crippen molar-refractivity contribution in [3.05, 3.63) is 70.5 Å². The topological polar surface area (TPSA) is 52.7 Å². The lowest BCUT2D eigenvalue weighted by atomic mass is 9.62. The van der Waals surface area contributed by atoms with E-state index in [0.29, 0.717) is 31.0 Å². The van der Waals surface area contributed by atoms with Gasteiger partial charge in [-0.3, -0.25) is 4.79 Å². The van der Waals surface area contributed by atoms with E-state index < -0.39 is 5.41 Å². The third kappa shape index (κ3) is 3.54. The molecule has 7 heteroatoms. The second-order valence-corrected chi connectivity index (χ2v) is 8.67. The molecule has 0 aliphatic carbocycles. The molecule has 2 aromatic rings. The number of hydrogen-bond donors (Lipinski definition) is 1. The first kappa shape index (κ1) is 20.7. The Balaban J connectivity index is 1.41. The summed E-state index contributed by atoms with van der Waals surface area (Å²) in [6.45, 7) is 2.91. The lowest BCUT2D eigenvalue weighted by Gasteiger charge is -2.57. The van der Waals surface area contributed by atoms with Crippen molar-refractivity contribution < 1.29 is 14.0 Å². The summed E-state index contributed by atoms with van der Waals surface area (Å²) in [4.78, 5) is 29.1. The highest BCUT2D eigenvalue weighted by molar-refractivity contribution is 6.30. The van der Waals surface area contributed by atoms with Crippen LogP contribution in [0.15, 0.2) is 48.5 Å². The van der Waals surface area contributed by atoms with Crippen LogP contribution in [0.3, 0.4) is 0 Å². The molecule has 1 spiro atoms. The SMILES string of the molecule is C[C@@H](NC(=O)N1CCC2(CC1)C(=O)N(C)C2c1ccc(Cl)cc1)c1ccc(F)cc1. The van der Waals surface area contributed by atoms with Crippen molar-refractivity contribution in [2.75, 3.05) is 20.1 Å². The smallest absolute Gasteiger partial charge is 0.317 e. The Hall–Kier alpha value is -2.60. The molecule has 4 rings (SSSR count). The zero-order valence-electron chi connectivity index (χ0n) is 17.1. The highest BCUT2D eigenvalue weighted by Gasteiger charge is 2.60. The van der Waals surface area contributed by atoms with Gasteiger partial charge in [0.2, 0.25) is 5.91 Å². The molecule has 30 heavy (non-hydrogen) atoms. The van der Waals surface area contributed by atoms with E-state index in [0.717, 1.165) is 11.1 Å². The molecule has 0 radical (unpaired) electrons. The number of halogens is 2. The second-order valence-electron chi connectivity index (χ2n) is 8.24. The van der Waals surface area contributed by atoms with Gasteiger partial charge in [0, 0.05) is 25.2 Å². The van der Waals surface area contributed by atoms with Crippen molar-refractivity contribution >= 4 is 23.5 Å². The van der Waals surface area contributed by atoms with E-state index in [4.69, 9.17) is 11.6 Å². The van der Waals surface area contributed by atoms with Gasteiger partial charge in [-0.2, -0.15) is 0 Å². The molecule has 2 heterocycles. The molecule has 0 saturated carbocycles. The van der Waals surface area contributed by atoms with Gasteiger partial charge in [0.1, 0.15) is 5.82 Å². The maximum Gasteiger partial charge on any atom is 0.317 e. The minimum Gasteiger partial charge on any atom is -0.337 e. The third-order valence-corrected chi connectivity index (χ3v) is 6.75. The van der Waals surface area contributed by atoms with E-state index in [1.165, 1.54) is 12.1 Å². The fraction of sp³-hybridized carbons (Fsp3) is 0.391. The maximum atomic E-state index is 13.1. The number of likely N-dealkylation sites (tertiary alicyclic amines) is 2. The summed E-state index contributed by atoms with van der Waals surface area (Å²) in [7, 11) is 1.83. The number of β-lactam (4-membered cyclic amide) rings is 1. The number of piperidine rings is 1. The fourth-order valence-corrected chi connectivity index (χ4v) is 4.91. The number of amides is 3. The van der Waals surface area contributed by atoms with Crippen LogP contribution in [-0.4, -0.2) is 41.9 Å². The number of nitrogens with zero attached hydrogens (tertiary/aromatic N) is 2. The van der Waals surface area contributed by atoms with Gasteiger partial charge in [-0.1, -0.05) is 35.9 Å². The van der Waals surface area contributed by atoms with Crippen molar-refractivity contribution in [3.8, 4) is 0 Å². The Bertz CT molecular complexity index is 940. The number of urea groups is 1. The van der Waals surface area contributed by atoms with Gasteiger partial charge in [0.05, 0.1) is 17.5 Å². The van der Waals surface area contributed by atoms with Crippen LogP contribution in [0.2, 0.25) is 5.02 Å². The Morgan fingerprint density at radius 2 is 1.73 bits per heavy atom. The molecule has 1 N–H and O–H groups in total. The van der Waals surface area contributed by atoms with E-state index in [1.54, 1.807) is 21.9 Å². The lowest BCUT2D eigenvalue weighted by Crippen LogP contribution is -2.65. The molecule has 3 amide bonds. The van der Waals surface area contributed by atoms with Crippen molar-refractivity contribution in [2.24, 2.45) is 5.41 Å². The van der Waals surface area contributed by atoms with Gasteiger partial charge >= 0.3 is 6.03 Å². The van der Waals surface area contributed by atoms with Crippen LogP contribution in [0.4, 0.5) is 9.18 Å². The summed E-state index contributed by atoms with van der Waals surface area (Å²) in [5.41, 5.74) is 1.46. The van der Waals surface area contributed by atoms with Crippen LogP contribution in [0.1, 0.15) is 43.0 Å². The molecule has 2 aliphatic rings. The first-order valence-corrected chi connectivity index (χ1v) is 10.5. The van der Waals surface area contributed by atoms with Crippen LogP contribution in [0.5, 0.6) is 0 Å². The summed E-state index contributed by atoms with van der Waals surface area (Å²) in [5.74, 6) is -0.161. The molecule has 2 aliphatic heterocycles. The average Bonchev–Trinajstić information content (AvgIpc) is 2.75. The summed E-state index contributed by atoms with van der Waals surface area (Å²) < 4.78 is 13.1. The maximum absolute atomic E-state index is 13.1. The van der Waals surface area contributed by atoms with Crippen LogP contribution >= 0.6 is 11.6 Å². The number of carbonyl (C=O) groups is 2. The van der Waals surface area contributed by atoms with Gasteiger partial charge in [-0.25, -0.2) is 9.18 Å². The number of nitrogens with one attached hydrogen (secondary N) is 1. The van der Waals surface area contributed by atoms with Crippen LogP contribution < -0.4 is 5.32 Å². The van der Waals surface area contributed by atoms with Gasteiger partial charge in [-0.05, 0) is 55.2 Å². The lowest BCUT2D eigenvalue weighted by molar-refractivity contribution is -0.175.